The molecule has 6 nitrogen and oxygen atoms in total. The van der Waals surface area contributed by atoms with Crippen molar-refractivity contribution in [3.8, 4) is 0 Å². The van der Waals surface area contributed by atoms with Gasteiger partial charge >= 0.3 is 0 Å². The average molecular weight is 353 g/mol. The second-order valence-electron chi connectivity index (χ2n) is 6.36. The van der Waals surface area contributed by atoms with Crippen LogP contribution in [0.2, 0.25) is 0 Å². The van der Waals surface area contributed by atoms with Crippen LogP contribution in [0.5, 0.6) is 0 Å². The fourth-order valence-corrected chi connectivity index (χ4v) is 4.82. The van der Waals surface area contributed by atoms with Crippen LogP contribution in [0.15, 0.2) is 24.5 Å². The molecule has 1 aromatic rings. The van der Waals surface area contributed by atoms with Crippen LogP contribution in [0.25, 0.3) is 0 Å². The molecule has 1 fully saturated rings. The van der Waals surface area contributed by atoms with E-state index in [0.717, 1.165) is 18.5 Å². The first kappa shape index (κ1) is 18.9. The fourth-order valence-electron chi connectivity index (χ4n) is 3.06. The van der Waals surface area contributed by atoms with Crippen LogP contribution in [0.1, 0.15) is 25.3 Å². The molecule has 2 heterocycles. The standard InChI is InChI=1S/C17H27N3O3S/c1-3-20(16-8-13-24(22,23)14-16)12-7-17(21)19(2)11-6-15-4-9-18-10-5-15/h4-5,9-10,16H,3,6-8,11-14H2,1-2H3. The second-order valence-corrected chi connectivity index (χ2v) is 8.58. The number of amides is 1. The van der Waals surface area contributed by atoms with Gasteiger partial charge in [0, 0.05) is 45.0 Å². The summed E-state index contributed by atoms with van der Waals surface area (Å²) in [5.41, 5.74) is 1.16. The number of nitrogens with zero attached hydrogens (tertiary/aromatic N) is 3. The summed E-state index contributed by atoms with van der Waals surface area (Å²) in [5, 5.41) is 0. The van der Waals surface area contributed by atoms with Crippen LogP contribution in [0.3, 0.4) is 0 Å². The van der Waals surface area contributed by atoms with E-state index < -0.39 is 9.84 Å². The van der Waals surface area contributed by atoms with E-state index in [9.17, 15) is 13.2 Å². The SMILES string of the molecule is CCN(CCC(=O)N(C)CCc1ccncc1)C1CCS(=O)(=O)C1. The largest absolute Gasteiger partial charge is 0.345 e. The summed E-state index contributed by atoms with van der Waals surface area (Å²) in [6.07, 6.45) is 5.43. The van der Waals surface area contributed by atoms with Crippen molar-refractivity contribution in [2.45, 2.75) is 32.2 Å². The van der Waals surface area contributed by atoms with Crippen molar-refractivity contribution in [2.24, 2.45) is 0 Å². The quantitative estimate of drug-likeness (QED) is 0.697. The highest BCUT2D eigenvalue weighted by Gasteiger charge is 2.31. The number of hydrogen-bond donors (Lipinski definition) is 0. The van der Waals surface area contributed by atoms with Crippen molar-refractivity contribution in [1.29, 1.82) is 0 Å². The van der Waals surface area contributed by atoms with Crippen LogP contribution in [-0.4, -0.2) is 73.3 Å². The summed E-state index contributed by atoms with van der Waals surface area (Å²) >= 11 is 0. The second kappa shape index (κ2) is 8.58. The van der Waals surface area contributed by atoms with E-state index in [1.807, 2.05) is 26.1 Å². The monoisotopic (exact) mass is 353 g/mol. The summed E-state index contributed by atoms with van der Waals surface area (Å²) < 4.78 is 23.2. The molecule has 0 saturated carbocycles. The van der Waals surface area contributed by atoms with Gasteiger partial charge in [-0.2, -0.15) is 0 Å². The minimum Gasteiger partial charge on any atom is -0.345 e. The lowest BCUT2D eigenvalue weighted by Gasteiger charge is -2.27. The molecule has 1 aliphatic heterocycles. The first-order valence-corrected chi connectivity index (χ1v) is 10.3. The Balaban J connectivity index is 1.76. The minimum atomic E-state index is -2.89. The molecule has 1 atom stereocenters. The zero-order chi connectivity index (χ0) is 17.6. The number of aromatic nitrogens is 1. The Bertz CT molecular complexity index is 634. The number of carbonyl (C=O) groups excluding carboxylic acids is 1. The predicted molar refractivity (Wildman–Crippen MR) is 94.5 cm³/mol. The van der Waals surface area contributed by atoms with Crippen LogP contribution >= 0.6 is 0 Å². The molecule has 1 aromatic heterocycles. The predicted octanol–water partition coefficient (Wildman–Crippen LogP) is 0.982. The van der Waals surface area contributed by atoms with E-state index in [1.54, 1.807) is 17.3 Å². The number of sulfone groups is 1. The van der Waals surface area contributed by atoms with E-state index in [2.05, 4.69) is 9.88 Å². The van der Waals surface area contributed by atoms with Gasteiger partial charge in [0.15, 0.2) is 9.84 Å². The van der Waals surface area contributed by atoms with Gasteiger partial charge in [0.2, 0.25) is 5.91 Å². The molecule has 1 aliphatic rings. The van der Waals surface area contributed by atoms with Gasteiger partial charge in [-0.3, -0.25) is 14.7 Å². The van der Waals surface area contributed by atoms with Gasteiger partial charge in [0.1, 0.15) is 0 Å². The lowest BCUT2D eigenvalue weighted by Crippen LogP contribution is -2.39. The highest BCUT2D eigenvalue weighted by atomic mass is 32.2. The summed E-state index contributed by atoms with van der Waals surface area (Å²) in [6.45, 7) is 4.08. The molecule has 0 radical (unpaired) electrons. The molecule has 1 saturated heterocycles. The number of pyridine rings is 1. The first-order chi connectivity index (χ1) is 11.4. The summed E-state index contributed by atoms with van der Waals surface area (Å²) in [7, 11) is -1.07. The topological polar surface area (TPSA) is 70.6 Å². The van der Waals surface area contributed by atoms with E-state index in [4.69, 9.17) is 0 Å². The number of carbonyl (C=O) groups is 1. The van der Waals surface area contributed by atoms with Gasteiger partial charge in [-0.1, -0.05) is 6.92 Å². The molecule has 0 spiro atoms. The van der Waals surface area contributed by atoms with Gasteiger partial charge < -0.3 is 4.90 Å². The first-order valence-electron chi connectivity index (χ1n) is 8.48. The van der Waals surface area contributed by atoms with Crippen LogP contribution in [0, 0.1) is 0 Å². The summed E-state index contributed by atoms with van der Waals surface area (Å²) in [6, 6.07) is 3.98. The third kappa shape index (κ3) is 5.56. The molecule has 0 aromatic carbocycles. The maximum Gasteiger partial charge on any atom is 0.223 e. The van der Waals surface area contributed by atoms with Crippen molar-refractivity contribution in [3.63, 3.8) is 0 Å². The van der Waals surface area contributed by atoms with Crippen molar-refractivity contribution in [1.82, 2.24) is 14.8 Å². The van der Waals surface area contributed by atoms with Gasteiger partial charge in [0.25, 0.3) is 0 Å². The summed E-state index contributed by atoms with van der Waals surface area (Å²) in [4.78, 5) is 20.2. The van der Waals surface area contributed by atoms with Gasteiger partial charge in [0.05, 0.1) is 11.5 Å². The van der Waals surface area contributed by atoms with Crippen molar-refractivity contribution < 1.29 is 13.2 Å². The molecule has 134 valence electrons. The highest BCUT2D eigenvalue weighted by Crippen LogP contribution is 2.18. The Morgan fingerprint density at radius 2 is 2.00 bits per heavy atom. The molecule has 2 rings (SSSR count). The molecule has 1 amide bonds. The molecular formula is C17H27N3O3S. The number of hydrogen-bond acceptors (Lipinski definition) is 5. The minimum absolute atomic E-state index is 0.0647. The highest BCUT2D eigenvalue weighted by molar-refractivity contribution is 7.91. The molecular weight excluding hydrogens is 326 g/mol. The molecule has 7 heteroatoms. The summed E-state index contributed by atoms with van der Waals surface area (Å²) in [5.74, 6) is 0.601. The zero-order valence-corrected chi connectivity index (χ0v) is 15.3. The zero-order valence-electron chi connectivity index (χ0n) is 14.5. The maximum atomic E-state index is 12.3. The average Bonchev–Trinajstić information content (AvgIpc) is 2.93. The Hall–Kier alpha value is -1.47. The molecule has 24 heavy (non-hydrogen) atoms. The van der Waals surface area contributed by atoms with Crippen LogP contribution < -0.4 is 0 Å². The van der Waals surface area contributed by atoms with E-state index >= 15 is 0 Å². The Kier molecular flexibility index (Phi) is 6.74. The van der Waals surface area contributed by atoms with Crippen molar-refractivity contribution >= 4 is 15.7 Å². The fraction of sp³-hybridized carbons (Fsp3) is 0.647. The van der Waals surface area contributed by atoms with E-state index in [-0.39, 0.29) is 23.5 Å². The Morgan fingerprint density at radius 3 is 2.58 bits per heavy atom. The lowest BCUT2D eigenvalue weighted by atomic mass is 10.2. The van der Waals surface area contributed by atoms with Gasteiger partial charge in [-0.25, -0.2) is 8.42 Å². The van der Waals surface area contributed by atoms with Crippen molar-refractivity contribution in [2.75, 3.05) is 38.2 Å². The molecule has 0 N–H and O–H groups in total. The van der Waals surface area contributed by atoms with Crippen LogP contribution in [-0.2, 0) is 21.1 Å². The van der Waals surface area contributed by atoms with Crippen molar-refractivity contribution in [3.05, 3.63) is 30.1 Å². The number of likely N-dealkylation sites (N-methyl/N-ethyl adjacent to an activating group) is 1. The molecule has 1 unspecified atom stereocenters. The maximum absolute atomic E-state index is 12.3. The third-order valence-electron chi connectivity index (χ3n) is 4.65. The lowest BCUT2D eigenvalue weighted by molar-refractivity contribution is -0.130. The third-order valence-corrected chi connectivity index (χ3v) is 6.41. The van der Waals surface area contributed by atoms with Gasteiger partial charge in [-0.05, 0) is 37.1 Å². The van der Waals surface area contributed by atoms with Gasteiger partial charge in [-0.15, -0.1) is 0 Å². The van der Waals surface area contributed by atoms with Crippen LogP contribution in [0.4, 0.5) is 0 Å². The Labute approximate surface area is 144 Å². The molecule has 0 aliphatic carbocycles. The van der Waals surface area contributed by atoms with E-state index in [0.29, 0.717) is 25.9 Å². The number of rotatable bonds is 8. The van der Waals surface area contributed by atoms with E-state index in [1.165, 1.54) is 0 Å². The normalized spacial score (nSPS) is 19.5. The Morgan fingerprint density at radius 1 is 1.29 bits per heavy atom. The smallest absolute Gasteiger partial charge is 0.223 e. The molecule has 0 bridgehead atoms.